The first kappa shape index (κ1) is 10.8. The maximum absolute atomic E-state index is 10.4. The quantitative estimate of drug-likeness (QED) is 0.507. The van der Waals surface area contributed by atoms with E-state index in [2.05, 4.69) is 0 Å². The third kappa shape index (κ3) is 2.43. The Morgan fingerprint density at radius 1 is 1.33 bits per heavy atom. The van der Waals surface area contributed by atoms with Crippen molar-refractivity contribution in [3.63, 3.8) is 0 Å². The molecule has 0 saturated heterocycles. The van der Waals surface area contributed by atoms with Crippen LogP contribution in [0.15, 0.2) is 15.7 Å². The summed E-state index contributed by atoms with van der Waals surface area (Å²) >= 11 is 0. The Bertz CT molecular complexity index is 365. The Labute approximate surface area is 78.4 Å². The van der Waals surface area contributed by atoms with Crippen molar-refractivity contribution in [2.24, 2.45) is 0 Å². The van der Waals surface area contributed by atoms with Crippen LogP contribution < -0.4 is 16.4 Å². The van der Waals surface area contributed by atoms with Crippen molar-refractivity contribution in [2.45, 2.75) is 0 Å². The number of aromatic carboxylic acids is 1. The van der Waals surface area contributed by atoms with Crippen LogP contribution in [0.4, 0.5) is 0 Å². The number of hydrogen-bond acceptors (Lipinski definition) is 4. The molecule has 0 radical (unpaired) electrons. The summed E-state index contributed by atoms with van der Waals surface area (Å²) in [5.74, 6) is -1.59. The van der Waals surface area contributed by atoms with Crippen LogP contribution in [0.3, 0.4) is 0 Å². The Kier molecular flexibility index (Phi) is 3.56. The SMILES string of the molecule is O=C([O-])c1cc(=O)[nH]c(=O)[nH]1.[Zn+2]. The number of nitrogens with one attached hydrogen (secondary N) is 2. The molecule has 7 heteroatoms. The van der Waals surface area contributed by atoms with Gasteiger partial charge in [-0.2, -0.15) is 0 Å². The minimum Gasteiger partial charge on any atom is -0.543 e. The molecule has 1 aromatic rings. The van der Waals surface area contributed by atoms with Crippen LogP contribution in [-0.4, -0.2) is 15.9 Å². The van der Waals surface area contributed by atoms with Crippen LogP contribution in [0.1, 0.15) is 10.5 Å². The van der Waals surface area contributed by atoms with Gasteiger partial charge in [-0.25, -0.2) is 4.79 Å². The summed E-state index contributed by atoms with van der Waals surface area (Å²) in [6, 6.07) is 0.733. The van der Waals surface area contributed by atoms with Gasteiger partial charge in [-0.1, -0.05) is 0 Å². The van der Waals surface area contributed by atoms with Crippen molar-refractivity contribution in [2.75, 3.05) is 0 Å². The molecule has 0 saturated carbocycles. The van der Waals surface area contributed by atoms with E-state index in [-0.39, 0.29) is 19.5 Å². The van der Waals surface area contributed by atoms with Gasteiger partial charge in [0.1, 0.15) is 0 Å². The third-order valence-electron chi connectivity index (χ3n) is 0.980. The Morgan fingerprint density at radius 3 is 2.33 bits per heavy atom. The molecule has 58 valence electrons. The van der Waals surface area contributed by atoms with Crippen LogP contribution in [0.2, 0.25) is 0 Å². The summed E-state index contributed by atoms with van der Waals surface area (Å²) in [6.07, 6.45) is 0. The average Bonchev–Trinajstić information content (AvgIpc) is 1.85. The number of hydrogen-bond donors (Lipinski definition) is 2. The summed E-state index contributed by atoms with van der Waals surface area (Å²) in [5.41, 5.74) is -2.16. The number of carbonyl (C=O) groups excluding carboxylic acids is 1. The molecule has 2 N–H and O–H groups in total. The van der Waals surface area contributed by atoms with Crippen molar-refractivity contribution in [1.29, 1.82) is 0 Å². The predicted octanol–water partition coefficient (Wildman–Crippen LogP) is -2.58. The fraction of sp³-hybridized carbons (Fsp3) is 0. The van der Waals surface area contributed by atoms with E-state index in [1.165, 1.54) is 0 Å². The molecular weight excluding hydrogens is 217 g/mol. The van der Waals surface area contributed by atoms with Crippen molar-refractivity contribution >= 4 is 5.97 Å². The molecule has 0 aromatic carbocycles. The van der Waals surface area contributed by atoms with Gasteiger partial charge in [0.2, 0.25) is 0 Å². The molecule has 0 aliphatic carbocycles. The number of carboxylic acids is 1. The molecule has 0 atom stereocenters. The molecule has 12 heavy (non-hydrogen) atoms. The zero-order valence-electron chi connectivity index (χ0n) is 5.92. The Morgan fingerprint density at radius 2 is 1.92 bits per heavy atom. The molecule has 0 aliphatic rings. The molecule has 6 nitrogen and oxygen atoms in total. The number of aromatic nitrogens is 2. The van der Waals surface area contributed by atoms with Gasteiger partial charge in [0.25, 0.3) is 5.56 Å². The maximum Gasteiger partial charge on any atom is 2.00 e. The van der Waals surface area contributed by atoms with E-state index < -0.39 is 22.9 Å². The average molecular weight is 220 g/mol. The standard InChI is InChI=1S/C5H4N2O4.Zn/c8-3-1-2(4(9)10)6-5(11)7-3;/h1H,(H,9,10)(H2,6,7,8,11);/q;+2/p-1. The minimum absolute atomic E-state index is 0. The molecule has 0 spiro atoms. The van der Waals surface area contributed by atoms with Crippen LogP contribution in [0.25, 0.3) is 0 Å². The smallest absolute Gasteiger partial charge is 0.543 e. The van der Waals surface area contributed by atoms with Gasteiger partial charge in [-0.15, -0.1) is 0 Å². The normalized spacial score (nSPS) is 8.67. The topological polar surface area (TPSA) is 106 Å². The van der Waals surface area contributed by atoms with Crippen molar-refractivity contribution < 1.29 is 29.4 Å². The van der Waals surface area contributed by atoms with Crippen LogP contribution >= 0.6 is 0 Å². The second kappa shape index (κ2) is 3.97. The largest absolute Gasteiger partial charge is 2.00 e. The zero-order chi connectivity index (χ0) is 8.43. The fourth-order valence-corrected chi connectivity index (χ4v) is 0.579. The van der Waals surface area contributed by atoms with Crippen molar-refractivity contribution in [1.82, 2.24) is 9.97 Å². The molecule has 1 rings (SSSR count). The number of carbonyl (C=O) groups is 1. The summed E-state index contributed by atoms with van der Waals surface area (Å²) < 4.78 is 0. The number of H-pyrrole nitrogens is 2. The fourth-order valence-electron chi connectivity index (χ4n) is 0.579. The van der Waals surface area contributed by atoms with Crippen molar-refractivity contribution in [3.05, 3.63) is 32.6 Å². The van der Waals surface area contributed by atoms with E-state index >= 15 is 0 Å². The van der Waals surface area contributed by atoms with Crippen LogP contribution in [-0.2, 0) is 19.5 Å². The van der Waals surface area contributed by atoms with Gasteiger partial charge in [0, 0.05) is 6.07 Å². The first-order valence-electron chi connectivity index (χ1n) is 2.64. The molecule has 0 amide bonds. The predicted molar refractivity (Wildman–Crippen MR) is 32.0 cm³/mol. The number of carboxylic acid groups (broad SMARTS) is 1. The Balaban J connectivity index is 0.00000121. The molecule has 1 aromatic heterocycles. The molecule has 0 bridgehead atoms. The molecule has 1 heterocycles. The summed E-state index contributed by atoms with van der Waals surface area (Å²) in [4.78, 5) is 34.6. The Hall–Kier alpha value is -1.23. The van der Waals surface area contributed by atoms with Gasteiger partial charge < -0.3 is 14.9 Å². The van der Waals surface area contributed by atoms with E-state index in [1.54, 1.807) is 0 Å². The zero-order valence-corrected chi connectivity index (χ0v) is 8.88. The third-order valence-corrected chi connectivity index (χ3v) is 0.980. The first-order chi connectivity index (χ1) is 5.09. The van der Waals surface area contributed by atoms with Gasteiger partial charge in [0.05, 0.1) is 11.7 Å². The monoisotopic (exact) mass is 219 g/mol. The number of rotatable bonds is 1. The van der Waals surface area contributed by atoms with Gasteiger partial charge in [0.15, 0.2) is 0 Å². The number of aromatic amines is 2. The van der Waals surface area contributed by atoms with Crippen molar-refractivity contribution in [3.8, 4) is 0 Å². The first-order valence-corrected chi connectivity index (χ1v) is 2.64. The second-order valence-electron chi connectivity index (χ2n) is 1.79. The maximum atomic E-state index is 10.4. The minimum atomic E-state index is -1.59. The molecular formula is C5H3N2O4Zn+. The van der Waals surface area contributed by atoms with Gasteiger partial charge in [-0.3, -0.25) is 9.78 Å². The summed E-state index contributed by atoms with van der Waals surface area (Å²) in [6.45, 7) is 0. The van der Waals surface area contributed by atoms with E-state index in [0.29, 0.717) is 0 Å². The molecule has 0 unspecified atom stereocenters. The van der Waals surface area contributed by atoms with Gasteiger partial charge >= 0.3 is 25.2 Å². The van der Waals surface area contributed by atoms with E-state index in [4.69, 9.17) is 0 Å². The summed E-state index contributed by atoms with van der Waals surface area (Å²) in [5, 5.41) is 10.1. The second-order valence-corrected chi connectivity index (χ2v) is 1.79. The summed E-state index contributed by atoms with van der Waals surface area (Å²) in [7, 11) is 0. The van der Waals surface area contributed by atoms with E-state index in [0.717, 1.165) is 6.07 Å². The van der Waals surface area contributed by atoms with Crippen LogP contribution in [0, 0.1) is 0 Å². The molecule has 0 aliphatic heterocycles. The van der Waals surface area contributed by atoms with E-state index in [1.807, 2.05) is 9.97 Å². The van der Waals surface area contributed by atoms with Gasteiger partial charge in [-0.05, 0) is 0 Å². The van der Waals surface area contributed by atoms with E-state index in [9.17, 15) is 19.5 Å². The molecule has 0 fully saturated rings. The van der Waals surface area contributed by atoms with Crippen LogP contribution in [0.5, 0.6) is 0 Å².